The Morgan fingerprint density at radius 3 is 0.922 bits per heavy atom. The largest absolute Gasteiger partial charge is 0.309 e. The van der Waals surface area contributed by atoms with Crippen LogP contribution in [-0.2, 0) is 0 Å². The Bertz CT molecular complexity index is 3950. The number of fused-ring (bicyclic) bond motifs is 17. The molecular formula is C62H38N2. The number of rotatable bonds is 4. The molecule has 0 saturated heterocycles. The van der Waals surface area contributed by atoms with Gasteiger partial charge in [0.15, 0.2) is 0 Å². The van der Waals surface area contributed by atoms with Gasteiger partial charge in [-0.25, -0.2) is 0 Å². The summed E-state index contributed by atoms with van der Waals surface area (Å²) in [5.41, 5.74) is 12.1. The van der Waals surface area contributed by atoms with Crippen molar-refractivity contribution in [3.8, 4) is 33.6 Å². The monoisotopic (exact) mass is 810 g/mol. The van der Waals surface area contributed by atoms with Gasteiger partial charge < -0.3 is 9.13 Å². The second kappa shape index (κ2) is 13.5. The van der Waals surface area contributed by atoms with Crippen LogP contribution in [-0.4, -0.2) is 9.13 Å². The van der Waals surface area contributed by atoms with Crippen LogP contribution in [0.1, 0.15) is 0 Å². The number of hydrogen-bond acceptors (Lipinski definition) is 0. The van der Waals surface area contributed by atoms with E-state index >= 15 is 0 Å². The van der Waals surface area contributed by atoms with Crippen molar-refractivity contribution in [1.82, 2.24) is 9.13 Å². The van der Waals surface area contributed by atoms with Crippen molar-refractivity contribution >= 4 is 97.5 Å². The lowest BCUT2D eigenvalue weighted by Gasteiger charge is -2.13. The molecule has 14 rings (SSSR count). The van der Waals surface area contributed by atoms with Gasteiger partial charge in [-0.2, -0.15) is 0 Å². The van der Waals surface area contributed by atoms with Crippen LogP contribution in [0.5, 0.6) is 0 Å². The molecule has 0 N–H and O–H groups in total. The summed E-state index contributed by atoms with van der Waals surface area (Å²) in [5, 5.41) is 17.8. The quantitative estimate of drug-likeness (QED) is 0.157. The zero-order valence-corrected chi connectivity index (χ0v) is 34.8. The Balaban J connectivity index is 1.02. The first kappa shape index (κ1) is 35.2. The first-order chi connectivity index (χ1) is 31.8. The second-order valence-corrected chi connectivity index (χ2v) is 17.1. The van der Waals surface area contributed by atoms with Gasteiger partial charge in [0.05, 0.1) is 22.1 Å². The van der Waals surface area contributed by atoms with Gasteiger partial charge in [0.1, 0.15) is 0 Å². The molecule has 2 heterocycles. The molecule has 0 radical (unpaired) electrons. The van der Waals surface area contributed by atoms with Gasteiger partial charge in [0.2, 0.25) is 0 Å². The van der Waals surface area contributed by atoms with Crippen LogP contribution in [0.4, 0.5) is 0 Å². The summed E-state index contributed by atoms with van der Waals surface area (Å²) in [5.74, 6) is 0. The van der Waals surface area contributed by atoms with Crippen LogP contribution >= 0.6 is 0 Å². The summed E-state index contributed by atoms with van der Waals surface area (Å²) in [6.07, 6.45) is 0. The molecule has 0 spiro atoms. The first-order valence-electron chi connectivity index (χ1n) is 22.2. The fourth-order valence-corrected chi connectivity index (χ4v) is 11.2. The van der Waals surface area contributed by atoms with Gasteiger partial charge in [-0.15, -0.1) is 0 Å². The van der Waals surface area contributed by atoms with Crippen molar-refractivity contribution in [2.45, 2.75) is 0 Å². The highest BCUT2D eigenvalue weighted by Gasteiger charge is 2.22. The van der Waals surface area contributed by atoms with Gasteiger partial charge in [-0.1, -0.05) is 182 Å². The highest BCUT2D eigenvalue weighted by atomic mass is 15.0. The summed E-state index contributed by atoms with van der Waals surface area (Å²) >= 11 is 0. The fraction of sp³-hybridized carbons (Fsp3) is 0. The Kier molecular flexibility index (Phi) is 7.43. The second-order valence-electron chi connectivity index (χ2n) is 17.1. The summed E-state index contributed by atoms with van der Waals surface area (Å²) in [6, 6.07) is 85.2. The van der Waals surface area contributed by atoms with E-state index < -0.39 is 0 Å². The molecule has 0 amide bonds. The lowest BCUT2D eigenvalue weighted by Crippen LogP contribution is -1.94. The predicted octanol–water partition coefficient (Wildman–Crippen LogP) is 17.0. The summed E-state index contributed by atoms with van der Waals surface area (Å²) in [7, 11) is 0. The van der Waals surface area contributed by atoms with Crippen LogP contribution in [0.3, 0.4) is 0 Å². The van der Waals surface area contributed by atoms with Crippen LogP contribution in [0.2, 0.25) is 0 Å². The van der Waals surface area contributed by atoms with E-state index in [2.05, 4.69) is 240 Å². The molecule has 12 aromatic carbocycles. The molecular weight excluding hydrogens is 773 g/mol. The molecule has 14 aromatic rings. The van der Waals surface area contributed by atoms with E-state index in [1.54, 1.807) is 0 Å². The summed E-state index contributed by atoms with van der Waals surface area (Å²) in [6.45, 7) is 0. The molecule has 0 saturated carbocycles. The Hall–Kier alpha value is -8.46. The van der Waals surface area contributed by atoms with E-state index in [0.717, 1.165) is 11.4 Å². The van der Waals surface area contributed by atoms with E-state index in [0.29, 0.717) is 0 Å². The van der Waals surface area contributed by atoms with Crippen molar-refractivity contribution in [2.75, 3.05) is 0 Å². The number of para-hydroxylation sites is 2. The average molecular weight is 811 g/mol. The molecule has 0 aliphatic carbocycles. The van der Waals surface area contributed by atoms with E-state index in [4.69, 9.17) is 0 Å². The van der Waals surface area contributed by atoms with Crippen molar-refractivity contribution in [3.05, 3.63) is 231 Å². The molecule has 0 aliphatic rings. The van der Waals surface area contributed by atoms with E-state index in [9.17, 15) is 0 Å². The first-order valence-corrected chi connectivity index (χ1v) is 22.2. The molecule has 0 bridgehead atoms. The normalized spacial score (nSPS) is 12.1. The van der Waals surface area contributed by atoms with Gasteiger partial charge in [-0.05, 0) is 114 Å². The minimum absolute atomic E-state index is 1.16. The molecule has 296 valence electrons. The average Bonchev–Trinajstić information content (AvgIpc) is 3.90. The van der Waals surface area contributed by atoms with E-state index in [1.807, 2.05) is 0 Å². The number of hydrogen-bond donors (Lipinski definition) is 0. The maximum Gasteiger partial charge on any atom is 0.0625 e. The lowest BCUT2D eigenvalue weighted by molar-refractivity contribution is 1.19. The standard InChI is InChI=1S/C62H38N2/c1-3-17-41(18-4-1)63-57-35-31-39(37-55(57)59-51-27-13-9-23-47(51)49-25-11-15-29-53(49)61(59)63)43-33-34-44(46-22-8-7-21-45(43)46)40-32-36-58-56(38-40)60-52-28-14-10-24-48(52)50-26-12-16-30-54(50)62(60)64(58)42-19-5-2-6-20-42/h1-38H. The van der Waals surface area contributed by atoms with Crippen LogP contribution in [0.25, 0.3) is 131 Å². The van der Waals surface area contributed by atoms with Gasteiger partial charge >= 0.3 is 0 Å². The molecule has 0 atom stereocenters. The molecule has 2 heteroatoms. The maximum absolute atomic E-state index is 2.47. The maximum atomic E-state index is 2.47. The molecule has 2 aromatic heterocycles. The Labute approximate surface area is 369 Å². The number of nitrogens with zero attached hydrogens (tertiary/aromatic N) is 2. The highest BCUT2D eigenvalue weighted by Crippen LogP contribution is 2.47. The molecule has 2 nitrogen and oxygen atoms in total. The molecule has 0 fully saturated rings. The third-order valence-corrected chi connectivity index (χ3v) is 13.8. The summed E-state index contributed by atoms with van der Waals surface area (Å²) in [4.78, 5) is 0. The fourth-order valence-electron chi connectivity index (χ4n) is 11.2. The molecule has 0 aliphatic heterocycles. The zero-order chi connectivity index (χ0) is 41.9. The minimum Gasteiger partial charge on any atom is -0.309 e. The summed E-state index contributed by atoms with van der Waals surface area (Å²) < 4.78 is 4.95. The SMILES string of the molecule is c1ccc(-n2c3ccc(-c4ccc(-c5ccc6c(c5)c5c7ccccc7c7ccccc7c5n6-c5ccccc5)c5ccccc45)cc3c3c4ccccc4c4ccccc4c32)cc1. The van der Waals surface area contributed by atoms with Gasteiger partial charge in [-0.3, -0.25) is 0 Å². The Morgan fingerprint density at radius 2 is 0.531 bits per heavy atom. The smallest absolute Gasteiger partial charge is 0.0625 e. The molecule has 0 unspecified atom stereocenters. The third-order valence-electron chi connectivity index (χ3n) is 13.8. The number of aromatic nitrogens is 2. The third kappa shape index (κ3) is 4.91. The van der Waals surface area contributed by atoms with Gasteiger partial charge in [0.25, 0.3) is 0 Å². The van der Waals surface area contributed by atoms with E-state index in [1.165, 1.54) is 120 Å². The topological polar surface area (TPSA) is 9.86 Å². The van der Waals surface area contributed by atoms with E-state index in [-0.39, 0.29) is 0 Å². The lowest BCUT2D eigenvalue weighted by atomic mass is 9.90. The van der Waals surface area contributed by atoms with Crippen LogP contribution in [0.15, 0.2) is 231 Å². The van der Waals surface area contributed by atoms with Crippen molar-refractivity contribution in [3.63, 3.8) is 0 Å². The minimum atomic E-state index is 1.16. The van der Waals surface area contributed by atoms with Crippen molar-refractivity contribution in [2.24, 2.45) is 0 Å². The molecule has 64 heavy (non-hydrogen) atoms. The predicted molar refractivity (Wildman–Crippen MR) is 274 cm³/mol. The zero-order valence-electron chi connectivity index (χ0n) is 34.8. The Morgan fingerprint density at radius 1 is 0.219 bits per heavy atom. The highest BCUT2D eigenvalue weighted by molar-refractivity contribution is 6.34. The van der Waals surface area contributed by atoms with Crippen molar-refractivity contribution in [1.29, 1.82) is 0 Å². The number of benzene rings is 12. The van der Waals surface area contributed by atoms with Gasteiger partial charge in [0, 0.05) is 43.7 Å². The van der Waals surface area contributed by atoms with Crippen molar-refractivity contribution < 1.29 is 0 Å². The van der Waals surface area contributed by atoms with Crippen LogP contribution < -0.4 is 0 Å². The van der Waals surface area contributed by atoms with Crippen LogP contribution in [0, 0.1) is 0 Å².